The minimum Gasteiger partial charge on any atom is -0.352 e. The predicted molar refractivity (Wildman–Crippen MR) is 96.2 cm³/mol. The van der Waals surface area contributed by atoms with E-state index in [0.29, 0.717) is 36.8 Å². The van der Waals surface area contributed by atoms with Crippen molar-refractivity contribution in [3.8, 4) is 11.5 Å². The first-order chi connectivity index (χ1) is 12.8. The number of pyridine rings is 1. The van der Waals surface area contributed by atoms with Crippen LogP contribution in [0.1, 0.15) is 35.4 Å². The van der Waals surface area contributed by atoms with E-state index in [1.54, 1.807) is 6.20 Å². The summed E-state index contributed by atoms with van der Waals surface area (Å²) in [5.41, 5.74) is 4.67. The minimum absolute atomic E-state index is 0.0249. The molecule has 0 atom stereocenters. The number of carbonyl (C=O) groups is 1. The maximum atomic E-state index is 12.1. The van der Waals surface area contributed by atoms with Gasteiger partial charge in [0.1, 0.15) is 5.69 Å². The fourth-order valence-electron chi connectivity index (χ4n) is 3.20. The molecular formula is C20H20N4O2. The molecule has 0 spiro atoms. The number of nitrogens with zero attached hydrogens (tertiary/aromatic N) is 3. The van der Waals surface area contributed by atoms with Gasteiger partial charge in [-0.25, -0.2) is 0 Å². The Bertz CT molecular complexity index is 905. The molecule has 0 saturated carbocycles. The number of rotatable bonds is 6. The summed E-state index contributed by atoms with van der Waals surface area (Å²) in [7, 11) is 0. The van der Waals surface area contributed by atoms with E-state index < -0.39 is 0 Å². The lowest BCUT2D eigenvalue weighted by Crippen LogP contribution is -2.23. The van der Waals surface area contributed by atoms with Crippen LogP contribution in [0.3, 0.4) is 0 Å². The van der Waals surface area contributed by atoms with Gasteiger partial charge in [-0.3, -0.25) is 9.78 Å². The Balaban J connectivity index is 1.27. The van der Waals surface area contributed by atoms with E-state index in [-0.39, 0.29) is 5.91 Å². The summed E-state index contributed by atoms with van der Waals surface area (Å²) < 4.78 is 5.20. The lowest BCUT2D eigenvalue weighted by atomic mass is 10.1. The van der Waals surface area contributed by atoms with E-state index in [0.717, 1.165) is 12.0 Å². The van der Waals surface area contributed by atoms with Gasteiger partial charge in [-0.05, 0) is 48.1 Å². The zero-order chi connectivity index (χ0) is 17.8. The monoisotopic (exact) mass is 348 g/mol. The largest absolute Gasteiger partial charge is 0.352 e. The first kappa shape index (κ1) is 16.4. The van der Waals surface area contributed by atoms with Crippen molar-refractivity contribution in [2.45, 2.75) is 38.6 Å². The number of amides is 1. The summed E-state index contributed by atoms with van der Waals surface area (Å²) in [5, 5.41) is 6.87. The summed E-state index contributed by atoms with van der Waals surface area (Å²) >= 11 is 0. The molecule has 1 aromatic carbocycles. The number of hydrogen-bond donors (Lipinski definition) is 1. The SMILES string of the molecule is O=C(CCc1nc(-c2ccccn2)no1)NCc1ccc2c(c1)CCC2. The van der Waals surface area contributed by atoms with E-state index in [2.05, 4.69) is 38.6 Å². The second-order valence-electron chi connectivity index (χ2n) is 6.46. The number of nitrogens with one attached hydrogen (secondary N) is 1. The van der Waals surface area contributed by atoms with Gasteiger partial charge >= 0.3 is 0 Å². The minimum atomic E-state index is -0.0249. The van der Waals surface area contributed by atoms with E-state index in [4.69, 9.17) is 4.52 Å². The predicted octanol–water partition coefficient (Wildman–Crippen LogP) is 2.87. The van der Waals surface area contributed by atoms with Crippen molar-refractivity contribution in [3.05, 3.63) is 65.2 Å². The molecule has 0 saturated heterocycles. The molecular weight excluding hydrogens is 328 g/mol. The number of fused-ring (bicyclic) bond motifs is 1. The molecule has 6 heteroatoms. The first-order valence-corrected chi connectivity index (χ1v) is 8.89. The topological polar surface area (TPSA) is 80.9 Å². The zero-order valence-corrected chi connectivity index (χ0v) is 14.4. The number of aromatic nitrogens is 3. The standard InChI is InChI=1S/C20H20N4O2/c25-18(22-13-14-7-8-15-4-3-5-16(15)12-14)9-10-19-23-20(24-26-19)17-6-1-2-11-21-17/h1-2,6-8,11-12H,3-5,9-10,13H2,(H,22,25). The Kier molecular flexibility index (Phi) is 4.73. The fourth-order valence-corrected chi connectivity index (χ4v) is 3.20. The highest BCUT2D eigenvalue weighted by Crippen LogP contribution is 2.22. The lowest BCUT2D eigenvalue weighted by molar-refractivity contribution is -0.121. The van der Waals surface area contributed by atoms with Gasteiger partial charge in [0, 0.05) is 25.6 Å². The molecule has 1 aliphatic rings. The first-order valence-electron chi connectivity index (χ1n) is 8.89. The van der Waals surface area contributed by atoms with Gasteiger partial charge in [0.15, 0.2) is 0 Å². The van der Waals surface area contributed by atoms with Crippen LogP contribution in [0.25, 0.3) is 11.5 Å². The summed E-state index contributed by atoms with van der Waals surface area (Å²) in [6.07, 6.45) is 5.96. The van der Waals surface area contributed by atoms with Gasteiger partial charge in [0.2, 0.25) is 17.6 Å². The van der Waals surface area contributed by atoms with E-state index in [1.807, 2.05) is 18.2 Å². The third-order valence-corrected chi connectivity index (χ3v) is 4.58. The summed E-state index contributed by atoms with van der Waals surface area (Å²) in [5.74, 6) is 0.862. The molecule has 6 nitrogen and oxygen atoms in total. The smallest absolute Gasteiger partial charge is 0.227 e. The van der Waals surface area contributed by atoms with Gasteiger partial charge in [0.25, 0.3) is 0 Å². The second kappa shape index (κ2) is 7.47. The molecule has 0 aliphatic heterocycles. The molecule has 2 heterocycles. The second-order valence-corrected chi connectivity index (χ2v) is 6.46. The average molecular weight is 348 g/mol. The lowest BCUT2D eigenvalue weighted by Gasteiger charge is -2.07. The highest BCUT2D eigenvalue weighted by molar-refractivity contribution is 5.76. The maximum absolute atomic E-state index is 12.1. The third-order valence-electron chi connectivity index (χ3n) is 4.58. The maximum Gasteiger partial charge on any atom is 0.227 e. The van der Waals surface area contributed by atoms with Gasteiger partial charge in [-0.15, -0.1) is 0 Å². The van der Waals surface area contributed by atoms with Crippen LogP contribution in [-0.2, 0) is 30.6 Å². The van der Waals surface area contributed by atoms with Crippen LogP contribution in [0.2, 0.25) is 0 Å². The van der Waals surface area contributed by atoms with Crippen LogP contribution in [0.5, 0.6) is 0 Å². The molecule has 0 fully saturated rings. The molecule has 1 N–H and O–H groups in total. The van der Waals surface area contributed by atoms with Gasteiger partial charge in [-0.1, -0.05) is 29.4 Å². The Labute approximate surface area is 151 Å². The quantitative estimate of drug-likeness (QED) is 0.741. The van der Waals surface area contributed by atoms with Crippen LogP contribution in [0, 0.1) is 0 Å². The van der Waals surface area contributed by atoms with Crippen molar-refractivity contribution in [1.29, 1.82) is 0 Å². The molecule has 0 radical (unpaired) electrons. The molecule has 2 aromatic heterocycles. The van der Waals surface area contributed by atoms with Crippen LogP contribution in [-0.4, -0.2) is 21.0 Å². The number of carbonyl (C=O) groups excluding carboxylic acids is 1. The number of benzene rings is 1. The van der Waals surface area contributed by atoms with Crippen molar-refractivity contribution >= 4 is 5.91 Å². The molecule has 3 aromatic rings. The Morgan fingerprint density at radius 2 is 2.08 bits per heavy atom. The van der Waals surface area contributed by atoms with Crippen LogP contribution < -0.4 is 5.32 Å². The van der Waals surface area contributed by atoms with Crippen molar-refractivity contribution < 1.29 is 9.32 Å². The van der Waals surface area contributed by atoms with Crippen LogP contribution >= 0.6 is 0 Å². The molecule has 0 bridgehead atoms. The van der Waals surface area contributed by atoms with Gasteiger partial charge in [-0.2, -0.15) is 4.98 Å². The summed E-state index contributed by atoms with van der Waals surface area (Å²) in [6.45, 7) is 0.551. The van der Waals surface area contributed by atoms with Gasteiger partial charge < -0.3 is 9.84 Å². The van der Waals surface area contributed by atoms with Crippen LogP contribution in [0.4, 0.5) is 0 Å². The molecule has 1 aliphatic carbocycles. The third kappa shape index (κ3) is 3.79. The number of hydrogen-bond acceptors (Lipinski definition) is 5. The highest BCUT2D eigenvalue weighted by Gasteiger charge is 2.13. The zero-order valence-electron chi connectivity index (χ0n) is 14.4. The average Bonchev–Trinajstić information content (AvgIpc) is 3.34. The van der Waals surface area contributed by atoms with Crippen molar-refractivity contribution in [3.63, 3.8) is 0 Å². The van der Waals surface area contributed by atoms with Crippen molar-refractivity contribution in [1.82, 2.24) is 20.4 Å². The Morgan fingerprint density at radius 3 is 2.96 bits per heavy atom. The summed E-state index contributed by atoms with van der Waals surface area (Å²) in [4.78, 5) is 20.6. The summed E-state index contributed by atoms with van der Waals surface area (Å²) in [6, 6.07) is 12.0. The normalized spacial score (nSPS) is 12.8. The van der Waals surface area contributed by atoms with E-state index >= 15 is 0 Å². The van der Waals surface area contributed by atoms with E-state index in [9.17, 15) is 4.79 Å². The Hall–Kier alpha value is -3.02. The Morgan fingerprint density at radius 1 is 1.15 bits per heavy atom. The molecule has 26 heavy (non-hydrogen) atoms. The van der Waals surface area contributed by atoms with Crippen LogP contribution in [0.15, 0.2) is 47.1 Å². The van der Waals surface area contributed by atoms with Crippen molar-refractivity contribution in [2.24, 2.45) is 0 Å². The highest BCUT2D eigenvalue weighted by atomic mass is 16.5. The fraction of sp³-hybridized carbons (Fsp3) is 0.300. The van der Waals surface area contributed by atoms with Gasteiger partial charge in [0.05, 0.1) is 0 Å². The molecule has 4 rings (SSSR count). The molecule has 1 amide bonds. The van der Waals surface area contributed by atoms with E-state index in [1.165, 1.54) is 24.0 Å². The van der Waals surface area contributed by atoms with Crippen molar-refractivity contribution in [2.75, 3.05) is 0 Å². The molecule has 0 unspecified atom stereocenters. The molecule has 132 valence electrons. The number of aryl methyl sites for hydroxylation is 3.